The summed E-state index contributed by atoms with van der Waals surface area (Å²) in [5.41, 5.74) is 7.54. The lowest BCUT2D eigenvalue weighted by molar-refractivity contribution is -0.146. The van der Waals surface area contributed by atoms with Gasteiger partial charge in [-0.3, -0.25) is 15.1 Å². The Morgan fingerprint density at radius 2 is 2.26 bits per heavy atom. The summed E-state index contributed by atoms with van der Waals surface area (Å²) in [6, 6.07) is 10.3. The average Bonchev–Trinajstić information content (AvgIpc) is 3.29. The number of benzene rings is 1. The van der Waals surface area contributed by atoms with Gasteiger partial charge in [-0.15, -0.1) is 0 Å². The number of carbonyl (C=O) groups is 1. The molecule has 2 N–H and O–H groups in total. The standard InChI is InChI=1S/C20H27N3O4/c1-2-26-19(24)10-16-13-25-8-7-23(16)12-15-11-21-22-20(15)18-9-14-5-3-4-6-17(14)27-18/h3-6,9,15-16,20-22H,2,7-8,10-13H2,1H3. The molecule has 1 aromatic heterocycles. The molecule has 2 aliphatic rings. The van der Waals surface area contributed by atoms with Gasteiger partial charge in [0.25, 0.3) is 0 Å². The molecular weight excluding hydrogens is 346 g/mol. The second-order valence-electron chi connectivity index (χ2n) is 7.18. The highest BCUT2D eigenvalue weighted by Crippen LogP contribution is 2.31. The van der Waals surface area contributed by atoms with Gasteiger partial charge in [-0.25, -0.2) is 5.43 Å². The Morgan fingerprint density at radius 3 is 3.11 bits per heavy atom. The van der Waals surface area contributed by atoms with E-state index >= 15 is 0 Å². The van der Waals surface area contributed by atoms with Crippen LogP contribution in [0, 0.1) is 5.92 Å². The molecule has 0 bridgehead atoms. The number of nitrogens with zero attached hydrogens (tertiary/aromatic N) is 1. The summed E-state index contributed by atoms with van der Waals surface area (Å²) >= 11 is 0. The smallest absolute Gasteiger partial charge is 0.307 e. The molecule has 7 heteroatoms. The lowest BCUT2D eigenvalue weighted by Crippen LogP contribution is -2.49. The summed E-state index contributed by atoms with van der Waals surface area (Å²) in [6.07, 6.45) is 0.372. The third kappa shape index (κ3) is 4.16. The van der Waals surface area contributed by atoms with Gasteiger partial charge in [-0.05, 0) is 19.1 Å². The first-order valence-electron chi connectivity index (χ1n) is 9.69. The Morgan fingerprint density at radius 1 is 1.37 bits per heavy atom. The van der Waals surface area contributed by atoms with Crippen LogP contribution in [0.4, 0.5) is 0 Å². The Hall–Kier alpha value is -1.93. The Bertz CT molecular complexity index is 744. The first-order chi connectivity index (χ1) is 13.2. The topological polar surface area (TPSA) is 76.0 Å². The number of fused-ring (bicyclic) bond motifs is 1. The van der Waals surface area contributed by atoms with E-state index in [9.17, 15) is 4.79 Å². The van der Waals surface area contributed by atoms with Crippen molar-refractivity contribution in [1.29, 1.82) is 0 Å². The van der Waals surface area contributed by atoms with Gasteiger partial charge in [-0.1, -0.05) is 18.2 Å². The lowest BCUT2D eigenvalue weighted by Gasteiger charge is -2.37. The lowest BCUT2D eigenvalue weighted by atomic mass is 9.97. The van der Waals surface area contributed by atoms with E-state index < -0.39 is 0 Å². The quantitative estimate of drug-likeness (QED) is 0.749. The van der Waals surface area contributed by atoms with Crippen LogP contribution in [-0.4, -0.2) is 56.4 Å². The number of para-hydroxylation sites is 1. The van der Waals surface area contributed by atoms with Crippen molar-refractivity contribution in [3.63, 3.8) is 0 Å². The predicted molar refractivity (Wildman–Crippen MR) is 101 cm³/mol. The normalized spacial score (nSPS) is 26.5. The highest BCUT2D eigenvalue weighted by atomic mass is 16.5. The summed E-state index contributed by atoms with van der Waals surface area (Å²) in [6.45, 7) is 6.06. The fraction of sp³-hybridized carbons (Fsp3) is 0.550. The number of ether oxygens (including phenoxy) is 2. The van der Waals surface area contributed by atoms with Gasteiger partial charge in [0.2, 0.25) is 0 Å². The van der Waals surface area contributed by atoms with E-state index in [1.165, 1.54) is 0 Å². The molecule has 2 fully saturated rings. The number of carbonyl (C=O) groups excluding carboxylic acids is 1. The number of hydrazine groups is 1. The number of morpholine rings is 1. The molecule has 0 saturated carbocycles. The zero-order valence-electron chi connectivity index (χ0n) is 15.6. The van der Waals surface area contributed by atoms with Crippen LogP contribution >= 0.6 is 0 Å². The number of hydrogen-bond donors (Lipinski definition) is 2. The van der Waals surface area contributed by atoms with E-state index in [1.807, 2.05) is 25.1 Å². The highest BCUT2D eigenvalue weighted by molar-refractivity contribution is 5.77. The molecule has 2 aromatic rings. The number of hydrogen-bond acceptors (Lipinski definition) is 7. The van der Waals surface area contributed by atoms with Gasteiger partial charge in [0.15, 0.2) is 0 Å². The van der Waals surface area contributed by atoms with Crippen LogP contribution in [0.15, 0.2) is 34.7 Å². The maximum Gasteiger partial charge on any atom is 0.307 e. The van der Waals surface area contributed by atoms with Gasteiger partial charge >= 0.3 is 5.97 Å². The summed E-state index contributed by atoms with van der Waals surface area (Å²) in [4.78, 5) is 14.3. The van der Waals surface area contributed by atoms with Crippen molar-refractivity contribution in [1.82, 2.24) is 15.8 Å². The Kier molecular flexibility index (Phi) is 5.73. The number of furan rings is 1. The van der Waals surface area contributed by atoms with Crippen molar-refractivity contribution < 1.29 is 18.7 Å². The third-order valence-electron chi connectivity index (χ3n) is 5.37. The largest absolute Gasteiger partial charge is 0.466 e. The van der Waals surface area contributed by atoms with E-state index in [0.717, 1.165) is 36.4 Å². The molecule has 3 heterocycles. The number of nitrogens with one attached hydrogen (secondary N) is 2. The SMILES string of the molecule is CCOC(=O)CC1COCCN1CC1CNNC1c1cc2ccccc2o1. The van der Waals surface area contributed by atoms with Gasteiger partial charge < -0.3 is 13.9 Å². The molecule has 0 amide bonds. The van der Waals surface area contributed by atoms with Crippen LogP contribution in [0.2, 0.25) is 0 Å². The van der Waals surface area contributed by atoms with E-state index in [0.29, 0.717) is 32.2 Å². The van der Waals surface area contributed by atoms with Crippen molar-refractivity contribution >= 4 is 16.9 Å². The Labute approximate surface area is 158 Å². The zero-order valence-corrected chi connectivity index (χ0v) is 15.6. The Balaban J connectivity index is 1.45. The van der Waals surface area contributed by atoms with Gasteiger partial charge in [0.05, 0.1) is 32.3 Å². The molecule has 27 heavy (non-hydrogen) atoms. The minimum Gasteiger partial charge on any atom is -0.466 e. The van der Waals surface area contributed by atoms with Crippen LogP contribution < -0.4 is 10.9 Å². The first-order valence-corrected chi connectivity index (χ1v) is 9.69. The molecule has 2 aliphatic heterocycles. The third-order valence-corrected chi connectivity index (χ3v) is 5.37. The molecule has 4 rings (SSSR count). The number of esters is 1. The van der Waals surface area contributed by atoms with Crippen LogP contribution in [0.1, 0.15) is 25.1 Å². The van der Waals surface area contributed by atoms with Crippen molar-refractivity contribution in [2.24, 2.45) is 5.92 Å². The second-order valence-corrected chi connectivity index (χ2v) is 7.18. The van der Waals surface area contributed by atoms with E-state index in [1.54, 1.807) is 0 Å². The molecule has 0 radical (unpaired) electrons. The van der Waals surface area contributed by atoms with Crippen molar-refractivity contribution in [3.8, 4) is 0 Å². The summed E-state index contributed by atoms with van der Waals surface area (Å²) in [5, 5.41) is 1.12. The fourth-order valence-electron chi connectivity index (χ4n) is 4.00. The number of rotatable bonds is 6. The fourth-order valence-corrected chi connectivity index (χ4v) is 4.00. The van der Waals surface area contributed by atoms with Crippen LogP contribution in [-0.2, 0) is 14.3 Å². The van der Waals surface area contributed by atoms with Crippen LogP contribution in [0.25, 0.3) is 11.0 Å². The molecule has 2 saturated heterocycles. The maximum absolute atomic E-state index is 11.9. The average molecular weight is 373 g/mol. The summed E-state index contributed by atoms with van der Waals surface area (Å²) in [5.74, 6) is 1.13. The predicted octanol–water partition coefficient (Wildman–Crippen LogP) is 1.85. The molecule has 7 nitrogen and oxygen atoms in total. The monoisotopic (exact) mass is 373 g/mol. The first kappa shape index (κ1) is 18.4. The minimum atomic E-state index is -0.158. The molecule has 3 unspecified atom stereocenters. The van der Waals surface area contributed by atoms with Crippen molar-refractivity contribution in [2.75, 3.05) is 39.5 Å². The van der Waals surface area contributed by atoms with Crippen LogP contribution in [0.5, 0.6) is 0 Å². The zero-order chi connectivity index (χ0) is 18.6. The van der Waals surface area contributed by atoms with Gasteiger partial charge in [0, 0.05) is 37.0 Å². The van der Waals surface area contributed by atoms with E-state index in [-0.39, 0.29) is 18.1 Å². The molecule has 0 aliphatic carbocycles. The van der Waals surface area contributed by atoms with Gasteiger partial charge in [0.1, 0.15) is 11.3 Å². The summed E-state index contributed by atoms with van der Waals surface area (Å²) in [7, 11) is 0. The maximum atomic E-state index is 11.9. The molecule has 0 spiro atoms. The van der Waals surface area contributed by atoms with E-state index in [2.05, 4.69) is 27.9 Å². The molecule has 146 valence electrons. The van der Waals surface area contributed by atoms with Crippen molar-refractivity contribution in [2.45, 2.75) is 25.4 Å². The minimum absolute atomic E-state index is 0.0646. The summed E-state index contributed by atoms with van der Waals surface area (Å²) < 4.78 is 16.8. The molecule has 3 atom stereocenters. The molecule has 1 aromatic carbocycles. The van der Waals surface area contributed by atoms with E-state index in [4.69, 9.17) is 13.9 Å². The van der Waals surface area contributed by atoms with Crippen LogP contribution in [0.3, 0.4) is 0 Å². The molecular formula is C20H27N3O4. The highest BCUT2D eigenvalue weighted by Gasteiger charge is 2.35. The van der Waals surface area contributed by atoms with Crippen molar-refractivity contribution in [3.05, 3.63) is 36.1 Å². The van der Waals surface area contributed by atoms with Gasteiger partial charge in [-0.2, -0.15) is 0 Å². The second kappa shape index (κ2) is 8.39.